The first kappa shape index (κ1) is 14.2. The smallest absolute Gasteiger partial charge is 0.269 e. The van der Waals surface area contributed by atoms with Gasteiger partial charge in [-0.25, -0.2) is 4.98 Å². The third-order valence-electron chi connectivity index (χ3n) is 2.64. The highest BCUT2D eigenvalue weighted by atomic mass is 16.1. The summed E-state index contributed by atoms with van der Waals surface area (Å²) in [5, 5.41) is 11.5. The SMILES string of the molecule is CC[C@H](CC#N)NC(=O)c1cnc(CC(C)C)[nH]1. The van der Waals surface area contributed by atoms with Crippen molar-refractivity contribution < 1.29 is 4.79 Å². The first-order chi connectivity index (χ1) is 8.56. The van der Waals surface area contributed by atoms with Gasteiger partial charge in [0, 0.05) is 12.5 Å². The molecule has 0 radical (unpaired) electrons. The van der Waals surface area contributed by atoms with Gasteiger partial charge in [0.1, 0.15) is 11.5 Å². The summed E-state index contributed by atoms with van der Waals surface area (Å²) in [4.78, 5) is 19.1. The molecule has 0 saturated carbocycles. The Bertz CT molecular complexity index is 430. The summed E-state index contributed by atoms with van der Waals surface area (Å²) < 4.78 is 0. The van der Waals surface area contributed by atoms with E-state index in [0.29, 0.717) is 18.0 Å². The maximum atomic E-state index is 11.9. The Morgan fingerprint density at radius 3 is 2.89 bits per heavy atom. The number of aromatic amines is 1. The van der Waals surface area contributed by atoms with Crippen molar-refractivity contribution in [1.82, 2.24) is 15.3 Å². The molecule has 0 aliphatic rings. The van der Waals surface area contributed by atoms with Gasteiger partial charge in [-0.2, -0.15) is 5.26 Å². The van der Waals surface area contributed by atoms with Crippen molar-refractivity contribution in [3.63, 3.8) is 0 Å². The largest absolute Gasteiger partial charge is 0.347 e. The lowest BCUT2D eigenvalue weighted by Crippen LogP contribution is -2.34. The summed E-state index contributed by atoms with van der Waals surface area (Å²) in [7, 11) is 0. The highest BCUT2D eigenvalue weighted by Crippen LogP contribution is 2.05. The number of nitrogens with one attached hydrogen (secondary N) is 2. The van der Waals surface area contributed by atoms with Gasteiger partial charge in [0.15, 0.2) is 0 Å². The molecule has 5 heteroatoms. The summed E-state index contributed by atoms with van der Waals surface area (Å²) in [6.45, 7) is 6.14. The zero-order valence-electron chi connectivity index (χ0n) is 11.2. The zero-order valence-corrected chi connectivity index (χ0v) is 11.2. The van der Waals surface area contributed by atoms with Crippen LogP contribution in [0.2, 0.25) is 0 Å². The summed E-state index contributed by atoms with van der Waals surface area (Å²) >= 11 is 0. The maximum Gasteiger partial charge on any atom is 0.269 e. The van der Waals surface area contributed by atoms with Crippen molar-refractivity contribution in [2.24, 2.45) is 5.92 Å². The van der Waals surface area contributed by atoms with E-state index in [-0.39, 0.29) is 11.9 Å². The van der Waals surface area contributed by atoms with Crippen LogP contribution in [0.25, 0.3) is 0 Å². The minimum absolute atomic E-state index is 0.0978. The predicted molar refractivity (Wildman–Crippen MR) is 68.9 cm³/mol. The van der Waals surface area contributed by atoms with Crippen molar-refractivity contribution in [2.75, 3.05) is 0 Å². The number of rotatable bonds is 6. The number of H-pyrrole nitrogens is 1. The van der Waals surface area contributed by atoms with Crippen LogP contribution < -0.4 is 5.32 Å². The Morgan fingerprint density at radius 1 is 1.61 bits per heavy atom. The van der Waals surface area contributed by atoms with Crippen LogP contribution in [0, 0.1) is 17.2 Å². The molecule has 1 amide bonds. The summed E-state index contributed by atoms with van der Waals surface area (Å²) in [5.74, 6) is 1.12. The van der Waals surface area contributed by atoms with E-state index in [9.17, 15) is 4.79 Å². The number of imidazole rings is 1. The van der Waals surface area contributed by atoms with Crippen molar-refractivity contribution in [3.05, 3.63) is 17.7 Å². The number of hydrogen-bond acceptors (Lipinski definition) is 3. The fourth-order valence-electron chi connectivity index (χ4n) is 1.64. The van der Waals surface area contributed by atoms with Crippen LogP contribution >= 0.6 is 0 Å². The molecule has 18 heavy (non-hydrogen) atoms. The highest BCUT2D eigenvalue weighted by Gasteiger charge is 2.14. The van der Waals surface area contributed by atoms with E-state index in [1.165, 1.54) is 0 Å². The molecule has 1 aromatic heterocycles. The summed E-state index contributed by atoms with van der Waals surface area (Å²) in [6.07, 6.45) is 3.44. The fourth-order valence-corrected chi connectivity index (χ4v) is 1.64. The number of nitriles is 1. The molecule has 1 atom stereocenters. The Balaban J connectivity index is 2.61. The molecule has 0 unspecified atom stereocenters. The van der Waals surface area contributed by atoms with Crippen molar-refractivity contribution in [2.45, 2.75) is 46.1 Å². The van der Waals surface area contributed by atoms with E-state index in [1.807, 2.05) is 6.92 Å². The summed E-state index contributed by atoms with van der Waals surface area (Å²) in [6, 6.07) is 1.97. The Hall–Kier alpha value is -1.83. The number of aromatic nitrogens is 2. The molecule has 0 aliphatic carbocycles. The van der Waals surface area contributed by atoms with Crippen LogP contribution in [0.4, 0.5) is 0 Å². The number of nitrogens with zero attached hydrogens (tertiary/aromatic N) is 2. The van der Waals surface area contributed by atoms with Gasteiger partial charge < -0.3 is 10.3 Å². The van der Waals surface area contributed by atoms with Gasteiger partial charge >= 0.3 is 0 Å². The average molecular weight is 248 g/mol. The number of carbonyl (C=O) groups is 1. The quantitative estimate of drug-likeness (QED) is 0.808. The van der Waals surface area contributed by atoms with Crippen molar-refractivity contribution >= 4 is 5.91 Å². The van der Waals surface area contributed by atoms with Crippen LogP contribution in [0.1, 0.15) is 49.9 Å². The highest BCUT2D eigenvalue weighted by molar-refractivity contribution is 5.92. The van der Waals surface area contributed by atoms with Crippen molar-refractivity contribution in [1.29, 1.82) is 5.26 Å². The molecule has 0 fully saturated rings. The molecule has 1 rings (SSSR count). The third-order valence-corrected chi connectivity index (χ3v) is 2.64. The molecule has 0 aromatic carbocycles. The van der Waals surface area contributed by atoms with Crippen LogP contribution in [0.5, 0.6) is 0 Å². The van der Waals surface area contributed by atoms with Crippen LogP contribution in [0.3, 0.4) is 0 Å². The second kappa shape index (κ2) is 6.80. The van der Waals surface area contributed by atoms with Gasteiger partial charge in [0.25, 0.3) is 5.91 Å². The molecule has 0 aliphatic heterocycles. The average Bonchev–Trinajstić information content (AvgIpc) is 2.76. The topological polar surface area (TPSA) is 81.6 Å². The van der Waals surface area contributed by atoms with E-state index < -0.39 is 0 Å². The van der Waals surface area contributed by atoms with Gasteiger partial charge in [0.05, 0.1) is 18.7 Å². The number of hydrogen-bond donors (Lipinski definition) is 2. The van der Waals surface area contributed by atoms with Crippen molar-refractivity contribution in [3.8, 4) is 6.07 Å². The Labute approximate surface area is 108 Å². The minimum atomic E-state index is -0.195. The van der Waals surface area contributed by atoms with Gasteiger partial charge in [-0.05, 0) is 12.3 Å². The van der Waals surface area contributed by atoms with E-state index >= 15 is 0 Å². The molecular formula is C13H20N4O. The Kier molecular flexibility index (Phi) is 5.37. The lowest BCUT2D eigenvalue weighted by molar-refractivity contribution is 0.0932. The van der Waals surface area contributed by atoms with Gasteiger partial charge in [-0.1, -0.05) is 20.8 Å². The van der Waals surface area contributed by atoms with E-state index in [1.54, 1.807) is 6.20 Å². The standard InChI is InChI=1S/C13H20N4O/c1-4-10(5-6-14)16-13(18)11-8-15-12(17-11)7-9(2)3/h8-10H,4-5,7H2,1-3H3,(H,15,17)(H,16,18)/t10-/m1/s1. The van der Waals surface area contributed by atoms with E-state index in [4.69, 9.17) is 5.26 Å². The van der Waals surface area contributed by atoms with Gasteiger partial charge in [0.2, 0.25) is 0 Å². The number of carbonyl (C=O) groups excluding carboxylic acids is 1. The molecule has 0 saturated heterocycles. The number of amides is 1. The second-order valence-corrected chi connectivity index (χ2v) is 4.78. The first-order valence-corrected chi connectivity index (χ1v) is 6.28. The minimum Gasteiger partial charge on any atom is -0.347 e. The van der Waals surface area contributed by atoms with Crippen LogP contribution in [0.15, 0.2) is 6.20 Å². The predicted octanol–water partition coefficient (Wildman–Crippen LogP) is 2.03. The van der Waals surface area contributed by atoms with E-state index in [2.05, 4.69) is 35.2 Å². The molecule has 98 valence electrons. The van der Waals surface area contributed by atoms with Gasteiger partial charge in [-0.15, -0.1) is 0 Å². The normalized spacial score (nSPS) is 12.2. The molecule has 5 nitrogen and oxygen atoms in total. The molecule has 0 bridgehead atoms. The van der Waals surface area contributed by atoms with Gasteiger partial charge in [-0.3, -0.25) is 4.79 Å². The molecule has 1 aromatic rings. The summed E-state index contributed by atoms with van der Waals surface area (Å²) in [5.41, 5.74) is 0.460. The molecule has 1 heterocycles. The van der Waals surface area contributed by atoms with Crippen LogP contribution in [-0.4, -0.2) is 21.9 Å². The maximum absolute atomic E-state index is 11.9. The third kappa shape index (κ3) is 4.21. The first-order valence-electron chi connectivity index (χ1n) is 6.28. The zero-order chi connectivity index (χ0) is 13.5. The van der Waals surface area contributed by atoms with Crippen LogP contribution in [-0.2, 0) is 6.42 Å². The second-order valence-electron chi connectivity index (χ2n) is 4.78. The molecule has 0 spiro atoms. The molecular weight excluding hydrogens is 228 g/mol. The lowest BCUT2D eigenvalue weighted by Gasteiger charge is -2.12. The Morgan fingerprint density at radius 2 is 2.33 bits per heavy atom. The lowest BCUT2D eigenvalue weighted by atomic mass is 10.1. The van der Waals surface area contributed by atoms with E-state index in [0.717, 1.165) is 18.7 Å². The molecule has 2 N–H and O–H groups in total. The fraction of sp³-hybridized carbons (Fsp3) is 0.615. The monoisotopic (exact) mass is 248 g/mol.